The van der Waals surface area contributed by atoms with Crippen molar-refractivity contribution in [2.75, 3.05) is 5.73 Å². The smallest absolute Gasteiger partial charge is 0.339 e. The average Bonchev–Trinajstić information content (AvgIpc) is 2.79. The van der Waals surface area contributed by atoms with Crippen molar-refractivity contribution in [3.8, 4) is 5.75 Å². The summed E-state index contributed by atoms with van der Waals surface area (Å²) in [7, 11) is 0. The van der Waals surface area contributed by atoms with Crippen LogP contribution >= 0.6 is 0 Å². The van der Waals surface area contributed by atoms with Gasteiger partial charge in [-0.15, -0.1) is 0 Å². The number of H-pyrrole nitrogens is 1. The van der Waals surface area contributed by atoms with Crippen LogP contribution in [0.25, 0.3) is 11.0 Å². The van der Waals surface area contributed by atoms with E-state index in [-0.39, 0.29) is 11.3 Å². The summed E-state index contributed by atoms with van der Waals surface area (Å²) >= 11 is 0. The maximum Gasteiger partial charge on any atom is 0.339 e. The number of fused-ring (bicyclic) bond motifs is 1. The van der Waals surface area contributed by atoms with Crippen molar-refractivity contribution in [2.45, 2.75) is 0 Å². The molecule has 0 spiro atoms. The SMILES string of the molecule is Nc1nc2ccccc2[nH]1.O=C(O)c1ccccc1O. The molecule has 2 aromatic carbocycles. The van der Waals surface area contributed by atoms with Gasteiger partial charge in [0.2, 0.25) is 0 Å². The highest BCUT2D eigenvalue weighted by molar-refractivity contribution is 5.90. The van der Waals surface area contributed by atoms with Crippen LogP contribution in [0, 0.1) is 0 Å². The first-order valence-corrected chi connectivity index (χ1v) is 5.79. The van der Waals surface area contributed by atoms with E-state index in [1.54, 1.807) is 12.1 Å². The van der Waals surface area contributed by atoms with E-state index in [1.165, 1.54) is 12.1 Å². The number of aromatic amines is 1. The fraction of sp³-hybridized carbons (Fsp3) is 0. The molecule has 0 bridgehead atoms. The van der Waals surface area contributed by atoms with Gasteiger partial charge in [0.25, 0.3) is 0 Å². The molecule has 5 N–H and O–H groups in total. The Hall–Kier alpha value is -3.02. The Morgan fingerprint density at radius 2 is 1.75 bits per heavy atom. The predicted octanol–water partition coefficient (Wildman–Crippen LogP) is 2.24. The van der Waals surface area contributed by atoms with E-state index in [0.29, 0.717) is 5.95 Å². The number of hydrogen-bond acceptors (Lipinski definition) is 4. The number of carboxylic acid groups (broad SMARTS) is 1. The lowest BCUT2D eigenvalue weighted by molar-refractivity contribution is 0.0693. The van der Waals surface area contributed by atoms with E-state index < -0.39 is 5.97 Å². The lowest BCUT2D eigenvalue weighted by Crippen LogP contribution is -1.95. The summed E-state index contributed by atoms with van der Waals surface area (Å²) in [5.74, 6) is -0.839. The number of para-hydroxylation sites is 3. The Bertz CT molecular complexity index is 704. The van der Waals surface area contributed by atoms with Crippen LogP contribution in [-0.2, 0) is 0 Å². The maximum atomic E-state index is 10.3. The summed E-state index contributed by atoms with van der Waals surface area (Å²) in [4.78, 5) is 17.2. The van der Waals surface area contributed by atoms with Crippen molar-refractivity contribution in [1.29, 1.82) is 0 Å². The highest BCUT2D eigenvalue weighted by Crippen LogP contribution is 2.14. The Morgan fingerprint density at radius 1 is 1.10 bits per heavy atom. The second-order valence-corrected chi connectivity index (χ2v) is 3.96. The molecular formula is C14H13N3O3. The Kier molecular flexibility index (Phi) is 3.85. The topological polar surface area (TPSA) is 112 Å². The number of nitrogen functional groups attached to an aromatic ring is 1. The van der Waals surface area contributed by atoms with Gasteiger partial charge in [-0.25, -0.2) is 9.78 Å². The number of nitrogens with zero attached hydrogens (tertiary/aromatic N) is 1. The lowest BCUT2D eigenvalue weighted by atomic mass is 10.2. The molecule has 0 aliphatic carbocycles. The van der Waals surface area contributed by atoms with E-state index in [0.717, 1.165) is 11.0 Å². The van der Waals surface area contributed by atoms with Crippen molar-refractivity contribution < 1.29 is 15.0 Å². The first kappa shape index (κ1) is 13.4. The first-order valence-electron chi connectivity index (χ1n) is 5.79. The molecule has 0 radical (unpaired) electrons. The van der Waals surface area contributed by atoms with Crippen molar-refractivity contribution in [2.24, 2.45) is 0 Å². The van der Waals surface area contributed by atoms with E-state index >= 15 is 0 Å². The third-order valence-electron chi connectivity index (χ3n) is 2.54. The standard InChI is InChI=1S/C7H7N3.C7H6O3/c8-7-9-5-3-1-2-4-6(5)10-7;8-6-4-2-1-3-5(6)7(9)10/h1-4H,(H3,8,9,10);1-4,8H,(H,9,10). The normalized spacial score (nSPS) is 9.80. The van der Waals surface area contributed by atoms with Gasteiger partial charge in [0.05, 0.1) is 11.0 Å². The lowest BCUT2D eigenvalue weighted by Gasteiger charge is -1.95. The summed E-state index contributed by atoms with van der Waals surface area (Å²) < 4.78 is 0. The van der Waals surface area contributed by atoms with E-state index in [2.05, 4.69) is 9.97 Å². The Balaban J connectivity index is 0.000000147. The third-order valence-corrected chi connectivity index (χ3v) is 2.54. The number of benzene rings is 2. The van der Waals surface area contributed by atoms with Crippen LogP contribution in [0.1, 0.15) is 10.4 Å². The zero-order chi connectivity index (χ0) is 14.5. The number of aromatic carboxylic acids is 1. The zero-order valence-electron chi connectivity index (χ0n) is 10.4. The fourth-order valence-corrected chi connectivity index (χ4v) is 1.63. The number of rotatable bonds is 1. The van der Waals surface area contributed by atoms with Gasteiger partial charge in [-0.2, -0.15) is 0 Å². The van der Waals surface area contributed by atoms with Crippen molar-refractivity contribution >= 4 is 23.0 Å². The Labute approximate surface area is 114 Å². The summed E-state index contributed by atoms with van der Waals surface area (Å²) in [6, 6.07) is 13.6. The van der Waals surface area contributed by atoms with Crippen LogP contribution in [0.5, 0.6) is 5.75 Å². The molecule has 1 aromatic heterocycles. The maximum absolute atomic E-state index is 10.3. The zero-order valence-corrected chi connectivity index (χ0v) is 10.4. The minimum atomic E-state index is -1.11. The number of carboxylic acids is 1. The minimum Gasteiger partial charge on any atom is -0.507 e. The van der Waals surface area contributed by atoms with Gasteiger partial charge in [0.15, 0.2) is 5.95 Å². The average molecular weight is 271 g/mol. The molecule has 0 unspecified atom stereocenters. The van der Waals surface area contributed by atoms with Crippen LogP contribution in [0.4, 0.5) is 5.95 Å². The van der Waals surface area contributed by atoms with Crippen LogP contribution in [0.15, 0.2) is 48.5 Å². The largest absolute Gasteiger partial charge is 0.507 e. The quantitative estimate of drug-likeness (QED) is 0.542. The molecule has 0 atom stereocenters. The number of nitrogens with one attached hydrogen (secondary N) is 1. The van der Waals surface area contributed by atoms with Gasteiger partial charge in [0, 0.05) is 0 Å². The highest BCUT2D eigenvalue weighted by Gasteiger charge is 2.05. The number of aromatic nitrogens is 2. The van der Waals surface area contributed by atoms with Crippen molar-refractivity contribution in [3.05, 3.63) is 54.1 Å². The molecule has 0 aliphatic rings. The highest BCUT2D eigenvalue weighted by atomic mass is 16.4. The Morgan fingerprint density at radius 3 is 2.35 bits per heavy atom. The van der Waals surface area contributed by atoms with E-state index in [4.69, 9.17) is 15.9 Å². The van der Waals surface area contributed by atoms with E-state index in [9.17, 15) is 4.79 Å². The van der Waals surface area contributed by atoms with Crippen LogP contribution in [0.3, 0.4) is 0 Å². The van der Waals surface area contributed by atoms with E-state index in [1.807, 2.05) is 24.3 Å². The van der Waals surface area contributed by atoms with Crippen molar-refractivity contribution in [3.63, 3.8) is 0 Å². The molecule has 3 rings (SSSR count). The summed E-state index contributed by atoms with van der Waals surface area (Å²) in [5.41, 5.74) is 7.26. The molecule has 102 valence electrons. The minimum absolute atomic E-state index is 0.0671. The molecule has 6 nitrogen and oxygen atoms in total. The number of nitrogens with two attached hydrogens (primary N) is 1. The third kappa shape index (κ3) is 3.05. The summed E-state index contributed by atoms with van der Waals surface area (Å²) in [5, 5.41) is 17.3. The van der Waals surface area contributed by atoms with Gasteiger partial charge in [-0.3, -0.25) is 0 Å². The number of carbonyl (C=O) groups is 1. The van der Waals surface area contributed by atoms with Crippen LogP contribution < -0.4 is 5.73 Å². The molecule has 6 heteroatoms. The van der Waals surface area contributed by atoms with Crippen LogP contribution in [-0.4, -0.2) is 26.2 Å². The molecular weight excluding hydrogens is 258 g/mol. The summed E-state index contributed by atoms with van der Waals surface area (Å²) in [6.45, 7) is 0. The number of aromatic hydroxyl groups is 1. The van der Waals surface area contributed by atoms with Crippen molar-refractivity contribution in [1.82, 2.24) is 9.97 Å². The molecule has 0 saturated heterocycles. The monoisotopic (exact) mass is 271 g/mol. The molecule has 0 aliphatic heterocycles. The van der Waals surface area contributed by atoms with Gasteiger partial charge in [-0.1, -0.05) is 24.3 Å². The predicted molar refractivity (Wildman–Crippen MR) is 75.6 cm³/mol. The van der Waals surface area contributed by atoms with Crippen LogP contribution in [0.2, 0.25) is 0 Å². The fourth-order valence-electron chi connectivity index (χ4n) is 1.63. The summed E-state index contributed by atoms with van der Waals surface area (Å²) in [6.07, 6.45) is 0. The van der Waals surface area contributed by atoms with Gasteiger partial charge < -0.3 is 20.9 Å². The number of imidazole rings is 1. The number of anilines is 1. The van der Waals surface area contributed by atoms with Gasteiger partial charge in [0.1, 0.15) is 11.3 Å². The molecule has 1 heterocycles. The molecule has 3 aromatic rings. The molecule has 0 fully saturated rings. The molecule has 0 amide bonds. The molecule has 20 heavy (non-hydrogen) atoms. The van der Waals surface area contributed by atoms with Gasteiger partial charge >= 0.3 is 5.97 Å². The van der Waals surface area contributed by atoms with Gasteiger partial charge in [-0.05, 0) is 24.3 Å². The number of hydrogen-bond donors (Lipinski definition) is 4. The molecule has 0 saturated carbocycles. The first-order chi connectivity index (χ1) is 9.58. The second kappa shape index (κ2) is 5.75. The second-order valence-electron chi connectivity index (χ2n) is 3.96. The number of phenols is 1.